The number of piperidine rings is 1. The van der Waals surface area contributed by atoms with Crippen molar-refractivity contribution in [3.63, 3.8) is 0 Å². The summed E-state index contributed by atoms with van der Waals surface area (Å²) in [6.45, 7) is 3.92. The van der Waals surface area contributed by atoms with Gasteiger partial charge in [-0.25, -0.2) is 4.79 Å². The average Bonchev–Trinajstić information content (AvgIpc) is 2.61. The van der Waals surface area contributed by atoms with Gasteiger partial charge in [-0.05, 0) is 39.9 Å². The Balaban J connectivity index is 2.18. The number of rotatable bonds is 2. The molecule has 1 fully saturated rings. The van der Waals surface area contributed by atoms with Gasteiger partial charge in [-0.2, -0.15) is 5.10 Å². The topological polar surface area (TPSA) is 58.4 Å². The van der Waals surface area contributed by atoms with Crippen LogP contribution in [0.4, 0.5) is 0 Å². The lowest BCUT2D eigenvalue weighted by Crippen LogP contribution is -2.32. The normalized spacial score (nSPS) is 18.9. The van der Waals surface area contributed by atoms with Crippen LogP contribution in [-0.2, 0) is 0 Å². The number of carboxylic acid groups (broad SMARTS) is 1. The Labute approximate surface area is 94.7 Å². The quantitative estimate of drug-likeness (QED) is 0.817. The predicted molar refractivity (Wildman–Crippen MR) is 59.7 cm³/mol. The molecule has 0 aliphatic carbocycles. The molecule has 1 aliphatic heterocycles. The number of hydrogen-bond acceptors (Lipinski definition) is 3. The number of aromatic nitrogens is 2. The summed E-state index contributed by atoms with van der Waals surface area (Å²) in [7, 11) is 2.11. The first-order valence-corrected chi connectivity index (χ1v) is 5.55. The van der Waals surface area contributed by atoms with E-state index in [0.29, 0.717) is 11.6 Å². The number of hydrogen-bond donors (Lipinski definition) is 1. The molecule has 5 heteroatoms. The molecule has 2 rings (SSSR count). The van der Waals surface area contributed by atoms with Gasteiger partial charge in [-0.3, -0.25) is 4.68 Å². The number of carboxylic acids is 1. The lowest BCUT2D eigenvalue weighted by Gasteiger charge is -2.29. The van der Waals surface area contributed by atoms with Crippen LogP contribution in [0.15, 0.2) is 6.20 Å². The number of nitrogens with zero attached hydrogens (tertiary/aromatic N) is 3. The van der Waals surface area contributed by atoms with E-state index in [1.165, 1.54) is 6.20 Å². The lowest BCUT2D eigenvalue weighted by atomic mass is 10.1. The smallest absolute Gasteiger partial charge is 0.339 e. The van der Waals surface area contributed by atoms with E-state index in [9.17, 15) is 4.79 Å². The van der Waals surface area contributed by atoms with Crippen molar-refractivity contribution < 1.29 is 9.90 Å². The highest BCUT2D eigenvalue weighted by molar-refractivity contribution is 5.88. The minimum Gasteiger partial charge on any atom is -0.478 e. The van der Waals surface area contributed by atoms with Crippen molar-refractivity contribution in [3.8, 4) is 0 Å². The van der Waals surface area contributed by atoms with Crippen molar-refractivity contribution in [3.05, 3.63) is 17.5 Å². The summed E-state index contributed by atoms with van der Waals surface area (Å²) in [5.74, 6) is -0.892. The van der Waals surface area contributed by atoms with E-state index in [1.807, 2.05) is 11.6 Å². The molecule has 0 radical (unpaired) electrons. The molecule has 1 N–H and O–H groups in total. The molecule has 1 aromatic rings. The Morgan fingerprint density at radius 1 is 1.50 bits per heavy atom. The Kier molecular flexibility index (Phi) is 2.96. The first-order valence-electron chi connectivity index (χ1n) is 5.55. The van der Waals surface area contributed by atoms with Crippen molar-refractivity contribution in [1.29, 1.82) is 0 Å². The molecule has 1 aromatic heterocycles. The summed E-state index contributed by atoms with van der Waals surface area (Å²) in [4.78, 5) is 13.2. The maximum Gasteiger partial charge on any atom is 0.339 e. The number of carbonyl (C=O) groups is 1. The third kappa shape index (κ3) is 1.95. The molecule has 1 saturated heterocycles. The molecule has 88 valence electrons. The summed E-state index contributed by atoms with van der Waals surface area (Å²) >= 11 is 0. The highest BCUT2D eigenvalue weighted by Gasteiger charge is 2.22. The van der Waals surface area contributed by atoms with E-state index in [4.69, 9.17) is 5.11 Å². The van der Waals surface area contributed by atoms with Gasteiger partial charge in [0.2, 0.25) is 0 Å². The highest BCUT2D eigenvalue weighted by Crippen LogP contribution is 2.23. The molecule has 5 nitrogen and oxygen atoms in total. The SMILES string of the molecule is Cc1c(C(=O)O)cnn1C1CCN(C)CC1. The first-order chi connectivity index (χ1) is 7.59. The molecule has 0 unspecified atom stereocenters. The first kappa shape index (κ1) is 11.1. The van der Waals surface area contributed by atoms with Crippen molar-refractivity contribution in [2.75, 3.05) is 20.1 Å². The Morgan fingerprint density at radius 3 is 2.62 bits per heavy atom. The van der Waals surface area contributed by atoms with Crippen LogP contribution in [0.2, 0.25) is 0 Å². The molecule has 0 saturated carbocycles. The molecule has 0 aromatic carbocycles. The maximum atomic E-state index is 10.9. The molecule has 1 aliphatic rings. The molecule has 0 amide bonds. The largest absolute Gasteiger partial charge is 0.478 e. The summed E-state index contributed by atoms with van der Waals surface area (Å²) < 4.78 is 1.87. The van der Waals surface area contributed by atoms with Crippen molar-refractivity contribution >= 4 is 5.97 Å². The van der Waals surface area contributed by atoms with Crippen molar-refractivity contribution in [2.45, 2.75) is 25.8 Å². The van der Waals surface area contributed by atoms with E-state index in [0.717, 1.165) is 31.6 Å². The molecule has 2 heterocycles. The van der Waals surface area contributed by atoms with Gasteiger partial charge in [-0.1, -0.05) is 0 Å². The molecule has 0 spiro atoms. The van der Waals surface area contributed by atoms with Crippen LogP contribution >= 0.6 is 0 Å². The van der Waals surface area contributed by atoms with E-state index in [-0.39, 0.29) is 0 Å². The monoisotopic (exact) mass is 223 g/mol. The Bertz CT molecular complexity index is 392. The van der Waals surface area contributed by atoms with E-state index < -0.39 is 5.97 Å². The highest BCUT2D eigenvalue weighted by atomic mass is 16.4. The fourth-order valence-electron chi connectivity index (χ4n) is 2.24. The third-order valence-electron chi connectivity index (χ3n) is 3.31. The van der Waals surface area contributed by atoms with Gasteiger partial charge < -0.3 is 10.0 Å². The maximum absolute atomic E-state index is 10.9. The van der Waals surface area contributed by atoms with Gasteiger partial charge in [0, 0.05) is 0 Å². The fourth-order valence-corrected chi connectivity index (χ4v) is 2.24. The van der Waals surface area contributed by atoms with Gasteiger partial charge >= 0.3 is 5.97 Å². The summed E-state index contributed by atoms with van der Waals surface area (Å²) in [5, 5.41) is 13.2. The molecule has 16 heavy (non-hydrogen) atoms. The summed E-state index contributed by atoms with van der Waals surface area (Å²) in [6, 6.07) is 0.351. The van der Waals surface area contributed by atoms with Crippen LogP contribution in [0.3, 0.4) is 0 Å². The van der Waals surface area contributed by atoms with Gasteiger partial charge in [-0.15, -0.1) is 0 Å². The second kappa shape index (κ2) is 4.25. The Morgan fingerprint density at radius 2 is 2.12 bits per heavy atom. The number of aromatic carboxylic acids is 1. The van der Waals surface area contributed by atoms with Crippen molar-refractivity contribution in [2.24, 2.45) is 0 Å². The average molecular weight is 223 g/mol. The van der Waals surface area contributed by atoms with Gasteiger partial charge in [0.15, 0.2) is 0 Å². The van der Waals surface area contributed by atoms with Crippen LogP contribution in [0, 0.1) is 6.92 Å². The van der Waals surface area contributed by atoms with Crippen LogP contribution in [0.25, 0.3) is 0 Å². The second-order valence-electron chi connectivity index (χ2n) is 4.43. The third-order valence-corrected chi connectivity index (χ3v) is 3.31. The summed E-state index contributed by atoms with van der Waals surface area (Å²) in [6.07, 6.45) is 3.53. The second-order valence-corrected chi connectivity index (χ2v) is 4.43. The van der Waals surface area contributed by atoms with Crippen LogP contribution in [-0.4, -0.2) is 45.9 Å². The zero-order valence-electron chi connectivity index (χ0n) is 9.68. The standard InChI is InChI=1S/C11H17N3O2/c1-8-10(11(15)16)7-12-14(8)9-3-5-13(2)6-4-9/h7,9H,3-6H2,1-2H3,(H,15,16). The molecule has 0 bridgehead atoms. The fraction of sp³-hybridized carbons (Fsp3) is 0.636. The lowest BCUT2D eigenvalue weighted by molar-refractivity contribution is 0.0695. The van der Waals surface area contributed by atoms with Gasteiger partial charge in [0.05, 0.1) is 17.9 Å². The summed E-state index contributed by atoms with van der Waals surface area (Å²) in [5.41, 5.74) is 1.08. The van der Waals surface area contributed by atoms with Crippen LogP contribution in [0.1, 0.15) is 34.9 Å². The Hall–Kier alpha value is -1.36. The minimum atomic E-state index is -0.892. The number of likely N-dealkylation sites (tertiary alicyclic amines) is 1. The minimum absolute atomic E-state index is 0.318. The molecular formula is C11H17N3O2. The van der Waals surface area contributed by atoms with Gasteiger partial charge in [0.1, 0.15) is 5.56 Å². The predicted octanol–water partition coefficient (Wildman–Crippen LogP) is 1.16. The zero-order chi connectivity index (χ0) is 11.7. The molecular weight excluding hydrogens is 206 g/mol. The van der Waals surface area contributed by atoms with E-state index in [2.05, 4.69) is 17.0 Å². The van der Waals surface area contributed by atoms with Crippen molar-refractivity contribution in [1.82, 2.24) is 14.7 Å². The van der Waals surface area contributed by atoms with E-state index in [1.54, 1.807) is 0 Å². The van der Waals surface area contributed by atoms with E-state index >= 15 is 0 Å². The van der Waals surface area contributed by atoms with Crippen LogP contribution < -0.4 is 0 Å². The van der Waals surface area contributed by atoms with Crippen LogP contribution in [0.5, 0.6) is 0 Å². The molecule has 0 atom stereocenters. The zero-order valence-corrected chi connectivity index (χ0v) is 9.68. The van der Waals surface area contributed by atoms with Gasteiger partial charge in [0.25, 0.3) is 0 Å².